The van der Waals surface area contributed by atoms with Gasteiger partial charge in [0.25, 0.3) is 11.6 Å². The second kappa shape index (κ2) is 8.26. The SMILES string of the molecule is CCN(/C=C(/C#N)C(=O)Nc1cccc([N+](=O)[O-])c1)c1ccccc1. The molecule has 1 amide bonds. The number of rotatable bonds is 6. The highest BCUT2D eigenvalue weighted by Crippen LogP contribution is 2.18. The van der Waals surface area contributed by atoms with E-state index in [0.717, 1.165) is 5.69 Å². The van der Waals surface area contributed by atoms with Crippen LogP contribution in [0, 0.1) is 21.4 Å². The van der Waals surface area contributed by atoms with Crippen molar-refractivity contribution in [1.82, 2.24) is 0 Å². The van der Waals surface area contributed by atoms with Crippen LogP contribution in [0.4, 0.5) is 17.1 Å². The summed E-state index contributed by atoms with van der Waals surface area (Å²) in [5, 5.41) is 22.6. The van der Waals surface area contributed by atoms with E-state index in [1.165, 1.54) is 30.5 Å². The van der Waals surface area contributed by atoms with Crippen molar-refractivity contribution in [3.8, 4) is 6.07 Å². The van der Waals surface area contributed by atoms with Crippen LogP contribution in [-0.4, -0.2) is 17.4 Å². The molecule has 25 heavy (non-hydrogen) atoms. The summed E-state index contributed by atoms with van der Waals surface area (Å²) in [4.78, 5) is 24.3. The number of carbonyl (C=O) groups is 1. The highest BCUT2D eigenvalue weighted by atomic mass is 16.6. The van der Waals surface area contributed by atoms with Crippen LogP contribution in [0.1, 0.15) is 6.92 Å². The quantitative estimate of drug-likeness (QED) is 0.377. The zero-order valence-electron chi connectivity index (χ0n) is 13.5. The summed E-state index contributed by atoms with van der Waals surface area (Å²) in [6.07, 6.45) is 1.46. The first-order valence-electron chi connectivity index (χ1n) is 7.54. The number of hydrogen-bond donors (Lipinski definition) is 1. The van der Waals surface area contributed by atoms with Crippen molar-refractivity contribution >= 4 is 23.0 Å². The lowest BCUT2D eigenvalue weighted by molar-refractivity contribution is -0.384. The molecule has 0 fully saturated rings. The van der Waals surface area contributed by atoms with Crippen molar-refractivity contribution < 1.29 is 9.72 Å². The van der Waals surface area contributed by atoms with Crippen LogP contribution in [0.5, 0.6) is 0 Å². The number of anilines is 2. The van der Waals surface area contributed by atoms with Gasteiger partial charge in [0.05, 0.1) is 4.92 Å². The second-order valence-corrected chi connectivity index (χ2v) is 5.04. The van der Waals surface area contributed by atoms with Crippen LogP contribution in [0.25, 0.3) is 0 Å². The van der Waals surface area contributed by atoms with E-state index in [1.54, 1.807) is 4.90 Å². The molecule has 0 unspecified atom stereocenters. The molecular formula is C18H16N4O3. The zero-order valence-corrected chi connectivity index (χ0v) is 13.5. The number of nitrogens with one attached hydrogen (secondary N) is 1. The van der Waals surface area contributed by atoms with Crippen LogP contribution in [0.2, 0.25) is 0 Å². The highest BCUT2D eigenvalue weighted by molar-refractivity contribution is 6.06. The number of carbonyl (C=O) groups excluding carboxylic acids is 1. The maximum absolute atomic E-state index is 12.3. The Kier molecular flexibility index (Phi) is 5.85. The molecule has 0 saturated carbocycles. The largest absolute Gasteiger partial charge is 0.347 e. The summed E-state index contributed by atoms with van der Waals surface area (Å²) in [5.41, 5.74) is 0.862. The molecule has 0 radical (unpaired) electrons. The van der Waals surface area contributed by atoms with Gasteiger partial charge in [0.2, 0.25) is 0 Å². The summed E-state index contributed by atoms with van der Waals surface area (Å²) in [5.74, 6) is -0.627. The fraction of sp³-hybridized carbons (Fsp3) is 0.111. The van der Waals surface area contributed by atoms with Crippen molar-refractivity contribution in [2.24, 2.45) is 0 Å². The molecule has 0 heterocycles. The number of para-hydroxylation sites is 1. The number of hydrogen-bond acceptors (Lipinski definition) is 5. The predicted octanol–water partition coefficient (Wildman–Crippen LogP) is 3.47. The van der Waals surface area contributed by atoms with Gasteiger partial charge in [-0.15, -0.1) is 0 Å². The molecule has 2 aromatic rings. The average molecular weight is 336 g/mol. The Bertz CT molecular complexity index is 841. The summed E-state index contributed by atoms with van der Waals surface area (Å²) in [6, 6.07) is 16.8. The van der Waals surface area contributed by atoms with Gasteiger partial charge in [-0.1, -0.05) is 24.3 Å². The third kappa shape index (κ3) is 4.65. The first-order chi connectivity index (χ1) is 12.0. The van der Waals surface area contributed by atoms with Gasteiger partial charge in [-0.05, 0) is 25.1 Å². The van der Waals surface area contributed by atoms with E-state index in [1.807, 2.05) is 43.3 Å². The number of non-ortho nitro benzene ring substituents is 1. The maximum Gasteiger partial charge on any atom is 0.271 e. The topological polar surface area (TPSA) is 99.3 Å². The molecule has 0 aromatic heterocycles. The van der Waals surface area contributed by atoms with Crippen molar-refractivity contribution in [1.29, 1.82) is 5.26 Å². The van der Waals surface area contributed by atoms with Crippen molar-refractivity contribution in [2.75, 3.05) is 16.8 Å². The second-order valence-electron chi connectivity index (χ2n) is 5.04. The summed E-state index contributed by atoms with van der Waals surface area (Å²) in [6.45, 7) is 2.47. The summed E-state index contributed by atoms with van der Waals surface area (Å²) < 4.78 is 0. The minimum Gasteiger partial charge on any atom is -0.347 e. The number of nitriles is 1. The number of nitrogens with zero attached hydrogens (tertiary/aromatic N) is 3. The molecular weight excluding hydrogens is 320 g/mol. The van der Waals surface area contributed by atoms with Crippen molar-refractivity contribution in [2.45, 2.75) is 6.92 Å². The van der Waals surface area contributed by atoms with Crippen LogP contribution >= 0.6 is 0 Å². The Balaban J connectivity index is 2.22. The molecule has 126 valence electrons. The molecule has 0 aliphatic rings. The smallest absolute Gasteiger partial charge is 0.271 e. The third-order valence-electron chi connectivity index (χ3n) is 3.39. The minimum atomic E-state index is -0.627. The Labute approximate surface area is 145 Å². The molecule has 0 atom stereocenters. The van der Waals surface area contributed by atoms with Gasteiger partial charge in [0.15, 0.2) is 0 Å². The van der Waals surface area contributed by atoms with Crippen LogP contribution in [0.15, 0.2) is 66.4 Å². The first-order valence-corrected chi connectivity index (χ1v) is 7.54. The van der Waals surface area contributed by atoms with Gasteiger partial charge in [-0.2, -0.15) is 5.26 Å². The van der Waals surface area contributed by atoms with E-state index in [2.05, 4.69) is 5.32 Å². The predicted molar refractivity (Wildman–Crippen MR) is 94.9 cm³/mol. The molecule has 7 heteroatoms. The van der Waals surface area contributed by atoms with Gasteiger partial charge in [0, 0.05) is 36.3 Å². The van der Waals surface area contributed by atoms with Crippen molar-refractivity contribution in [3.63, 3.8) is 0 Å². The minimum absolute atomic E-state index is 0.0998. The van der Waals surface area contributed by atoms with E-state index in [4.69, 9.17) is 0 Å². The molecule has 0 aliphatic carbocycles. The van der Waals surface area contributed by atoms with Crippen molar-refractivity contribution in [3.05, 3.63) is 76.5 Å². The zero-order chi connectivity index (χ0) is 18.2. The number of benzene rings is 2. The third-order valence-corrected chi connectivity index (χ3v) is 3.39. The van der Waals surface area contributed by atoms with E-state index in [0.29, 0.717) is 6.54 Å². The Morgan fingerprint density at radius 2 is 2.00 bits per heavy atom. The van der Waals surface area contributed by atoms with E-state index < -0.39 is 10.8 Å². The molecule has 1 N–H and O–H groups in total. The summed E-state index contributed by atoms with van der Waals surface area (Å²) >= 11 is 0. The fourth-order valence-electron chi connectivity index (χ4n) is 2.16. The fourth-order valence-corrected chi connectivity index (χ4v) is 2.16. The molecule has 2 rings (SSSR count). The lowest BCUT2D eigenvalue weighted by Crippen LogP contribution is -2.20. The van der Waals surface area contributed by atoms with Crippen LogP contribution in [0.3, 0.4) is 0 Å². The standard InChI is InChI=1S/C18H16N4O3/c1-2-21(16-8-4-3-5-9-16)13-14(12-19)18(23)20-15-7-6-10-17(11-15)22(24)25/h3-11,13H,2H2,1H3,(H,20,23)/b14-13-. The lowest BCUT2D eigenvalue weighted by Gasteiger charge is -2.18. The Morgan fingerprint density at radius 1 is 1.28 bits per heavy atom. The van der Waals surface area contributed by atoms with Crippen LogP contribution in [-0.2, 0) is 4.79 Å². The maximum atomic E-state index is 12.3. The van der Waals surface area contributed by atoms with Gasteiger partial charge in [-0.3, -0.25) is 14.9 Å². The molecule has 7 nitrogen and oxygen atoms in total. The number of amides is 1. The highest BCUT2D eigenvalue weighted by Gasteiger charge is 2.13. The van der Waals surface area contributed by atoms with Gasteiger partial charge < -0.3 is 10.2 Å². The van der Waals surface area contributed by atoms with Gasteiger partial charge in [0.1, 0.15) is 11.6 Å². The van der Waals surface area contributed by atoms with E-state index >= 15 is 0 Å². The molecule has 0 bridgehead atoms. The monoisotopic (exact) mass is 336 g/mol. The van der Waals surface area contributed by atoms with Gasteiger partial charge in [-0.25, -0.2) is 0 Å². The Morgan fingerprint density at radius 3 is 2.60 bits per heavy atom. The van der Waals surface area contributed by atoms with E-state index in [-0.39, 0.29) is 16.9 Å². The normalized spacial score (nSPS) is 10.6. The van der Waals surface area contributed by atoms with Gasteiger partial charge >= 0.3 is 0 Å². The summed E-state index contributed by atoms with van der Waals surface area (Å²) in [7, 11) is 0. The van der Waals surface area contributed by atoms with Crippen LogP contribution < -0.4 is 10.2 Å². The molecule has 0 spiro atoms. The molecule has 0 aliphatic heterocycles. The average Bonchev–Trinajstić information content (AvgIpc) is 2.63. The lowest BCUT2D eigenvalue weighted by atomic mass is 10.2. The Hall–Kier alpha value is -3.66. The first kappa shape index (κ1) is 17.7. The number of nitro benzene ring substituents is 1. The molecule has 2 aromatic carbocycles. The molecule has 0 saturated heterocycles. The number of nitro groups is 1. The van der Waals surface area contributed by atoms with E-state index in [9.17, 15) is 20.2 Å².